The van der Waals surface area contributed by atoms with Gasteiger partial charge >= 0.3 is 0 Å². The molecule has 3 nitrogen and oxygen atoms in total. The minimum atomic E-state index is -2.20. The fraction of sp³-hybridized carbons (Fsp3) is 0.364. The molecule has 1 heterocycles. The van der Waals surface area contributed by atoms with E-state index in [0.29, 0.717) is 6.42 Å². The highest BCUT2D eigenvalue weighted by atomic mass is 19.2. The smallest absolute Gasteiger partial charge is 0.220 e. The Hall–Kier alpha value is -1.86. The van der Waals surface area contributed by atoms with Crippen LogP contribution in [0.4, 0.5) is 27.6 Å². The third-order valence-corrected chi connectivity index (χ3v) is 2.82. The first-order chi connectivity index (χ1) is 8.91. The highest BCUT2D eigenvalue weighted by Crippen LogP contribution is 2.27. The van der Waals surface area contributed by atoms with Crippen LogP contribution < -0.4 is 10.6 Å². The van der Waals surface area contributed by atoms with E-state index in [1.165, 1.54) is 0 Å². The van der Waals surface area contributed by atoms with Crippen molar-refractivity contribution in [3.05, 3.63) is 29.1 Å². The number of anilines is 1. The molecule has 1 aromatic rings. The Bertz CT molecular complexity index is 505. The second-order valence-corrected chi connectivity index (χ2v) is 4.13. The molecule has 1 saturated heterocycles. The SMILES string of the molecule is O=C1CCC(CNc2c(F)c(F)c(F)c(F)c2F)N1. The zero-order chi connectivity index (χ0) is 14.2. The molecular formula is C11H9F5N2O. The van der Waals surface area contributed by atoms with Gasteiger partial charge in [0.2, 0.25) is 11.7 Å². The number of benzene rings is 1. The van der Waals surface area contributed by atoms with Crippen molar-refractivity contribution in [2.24, 2.45) is 0 Å². The van der Waals surface area contributed by atoms with Crippen molar-refractivity contribution in [2.45, 2.75) is 18.9 Å². The monoisotopic (exact) mass is 280 g/mol. The summed E-state index contributed by atoms with van der Waals surface area (Å²) in [5.41, 5.74) is -1.09. The number of hydrogen-bond acceptors (Lipinski definition) is 2. The Morgan fingerprint density at radius 2 is 1.53 bits per heavy atom. The largest absolute Gasteiger partial charge is 0.378 e. The maximum absolute atomic E-state index is 13.3. The van der Waals surface area contributed by atoms with Crippen LogP contribution >= 0.6 is 0 Å². The number of amides is 1. The van der Waals surface area contributed by atoms with Gasteiger partial charge in [-0.15, -0.1) is 0 Å². The summed E-state index contributed by atoms with van der Waals surface area (Å²) in [5, 5.41) is 4.64. The number of nitrogens with one attached hydrogen (secondary N) is 2. The van der Waals surface area contributed by atoms with Crippen molar-refractivity contribution in [3.8, 4) is 0 Å². The maximum atomic E-state index is 13.3. The molecule has 1 fully saturated rings. The van der Waals surface area contributed by atoms with Gasteiger partial charge in [-0.2, -0.15) is 0 Å². The van der Waals surface area contributed by atoms with Crippen molar-refractivity contribution >= 4 is 11.6 Å². The van der Waals surface area contributed by atoms with E-state index in [9.17, 15) is 26.7 Å². The summed E-state index contributed by atoms with van der Waals surface area (Å²) < 4.78 is 65.1. The standard InChI is InChI=1S/C11H9F5N2O/c12-6-7(13)9(15)11(10(16)8(6)14)17-3-4-1-2-5(19)18-4/h4,17H,1-3H2,(H,18,19). The zero-order valence-corrected chi connectivity index (χ0v) is 9.50. The van der Waals surface area contributed by atoms with Gasteiger partial charge in [0.1, 0.15) is 5.69 Å². The lowest BCUT2D eigenvalue weighted by atomic mass is 10.2. The van der Waals surface area contributed by atoms with Crippen molar-refractivity contribution in [2.75, 3.05) is 11.9 Å². The first kappa shape index (κ1) is 13.6. The van der Waals surface area contributed by atoms with Crippen molar-refractivity contribution in [1.29, 1.82) is 0 Å². The van der Waals surface area contributed by atoms with E-state index in [-0.39, 0.29) is 18.9 Å². The third kappa shape index (κ3) is 2.47. The van der Waals surface area contributed by atoms with E-state index in [2.05, 4.69) is 10.6 Å². The summed E-state index contributed by atoms with van der Waals surface area (Å²) in [5.74, 6) is -10.3. The van der Waals surface area contributed by atoms with E-state index >= 15 is 0 Å². The lowest BCUT2D eigenvalue weighted by Crippen LogP contribution is -2.32. The van der Waals surface area contributed by atoms with Crippen LogP contribution in [0.5, 0.6) is 0 Å². The van der Waals surface area contributed by atoms with Gasteiger partial charge in [0.15, 0.2) is 23.3 Å². The minimum absolute atomic E-state index is 0.121. The van der Waals surface area contributed by atoms with Gasteiger partial charge in [-0.1, -0.05) is 0 Å². The Morgan fingerprint density at radius 3 is 2.00 bits per heavy atom. The predicted molar refractivity (Wildman–Crippen MR) is 55.9 cm³/mol. The summed E-state index contributed by atoms with van der Waals surface area (Å²) in [6.45, 7) is -0.121. The van der Waals surface area contributed by atoms with Crippen LogP contribution in [0.1, 0.15) is 12.8 Å². The molecule has 8 heteroatoms. The van der Waals surface area contributed by atoms with Crippen molar-refractivity contribution in [3.63, 3.8) is 0 Å². The molecule has 0 radical (unpaired) electrons. The lowest BCUT2D eigenvalue weighted by molar-refractivity contribution is -0.119. The van der Waals surface area contributed by atoms with Crippen LogP contribution in [0.25, 0.3) is 0 Å². The molecule has 1 atom stereocenters. The van der Waals surface area contributed by atoms with Crippen LogP contribution in [0, 0.1) is 29.1 Å². The normalized spacial score (nSPS) is 18.6. The molecule has 2 N–H and O–H groups in total. The predicted octanol–water partition coefficient (Wildman–Crippen LogP) is 2.07. The van der Waals surface area contributed by atoms with Gasteiger partial charge in [0.05, 0.1) is 0 Å². The molecular weight excluding hydrogens is 271 g/mol. The average Bonchev–Trinajstić information content (AvgIpc) is 2.80. The van der Waals surface area contributed by atoms with Crippen molar-refractivity contribution in [1.82, 2.24) is 5.32 Å². The topological polar surface area (TPSA) is 41.1 Å². The summed E-state index contributed by atoms with van der Waals surface area (Å²) in [4.78, 5) is 10.9. The molecule has 2 rings (SSSR count). The molecule has 1 aromatic carbocycles. The van der Waals surface area contributed by atoms with Gasteiger partial charge in [-0.05, 0) is 6.42 Å². The molecule has 1 aliphatic rings. The van der Waals surface area contributed by atoms with E-state index in [4.69, 9.17) is 0 Å². The van der Waals surface area contributed by atoms with Crippen LogP contribution in [0.2, 0.25) is 0 Å². The molecule has 104 valence electrons. The number of rotatable bonds is 3. The van der Waals surface area contributed by atoms with Gasteiger partial charge in [-0.3, -0.25) is 4.79 Å². The first-order valence-corrected chi connectivity index (χ1v) is 5.46. The van der Waals surface area contributed by atoms with E-state index in [0.717, 1.165) is 0 Å². The molecule has 1 amide bonds. The quantitative estimate of drug-likeness (QED) is 0.505. The van der Waals surface area contributed by atoms with Crippen molar-refractivity contribution < 1.29 is 26.7 Å². The molecule has 1 unspecified atom stereocenters. The second kappa shape index (κ2) is 5.02. The molecule has 0 aliphatic carbocycles. The third-order valence-electron chi connectivity index (χ3n) is 2.82. The minimum Gasteiger partial charge on any atom is -0.378 e. The number of carbonyl (C=O) groups excluding carboxylic acids is 1. The molecule has 1 aliphatic heterocycles. The fourth-order valence-corrected chi connectivity index (χ4v) is 1.82. The van der Waals surface area contributed by atoms with Crippen LogP contribution in [0.3, 0.4) is 0 Å². The molecule has 0 aromatic heterocycles. The maximum Gasteiger partial charge on any atom is 0.220 e. The lowest BCUT2D eigenvalue weighted by Gasteiger charge is -2.14. The summed E-state index contributed by atoms with van der Waals surface area (Å²) >= 11 is 0. The van der Waals surface area contributed by atoms with E-state index in [1.54, 1.807) is 0 Å². The summed E-state index contributed by atoms with van der Waals surface area (Å²) in [7, 11) is 0. The van der Waals surface area contributed by atoms with Gasteiger partial charge in [-0.25, -0.2) is 22.0 Å². The summed E-state index contributed by atoms with van der Waals surface area (Å²) in [6, 6.07) is -0.400. The summed E-state index contributed by atoms with van der Waals surface area (Å²) in [6.07, 6.45) is 0.699. The number of halogens is 5. The van der Waals surface area contributed by atoms with Gasteiger partial charge in [0, 0.05) is 19.0 Å². The average molecular weight is 280 g/mol. The Labute approximate surface area is 104 Å². The second-order valence-electron chi connectivity index (χ2n) is 4.13. The number of carbonyl (C=O) groups is 1. The molecule has 19 heavy (non-hydrogen) atoms. The van der Waals surface area contributed by atoms with Gasteiger partial charge in [0.25, 0.3) is 0 Å². The van der Waals surface area contributed by atoms with E-state index in [1.807, 2.05) is 0 Å². The highest BCUT2D eigenvalue weighted by Gasteiger charge is 2.27. The van der Waals surface area contributed by atoms with Crippen LogP contribution in [0.15, 0.2) is 0 Å². The Balaban J connectivity index is 2.18. The fourth-order valence-electron chi connectivity index (χ4n) is 1.82. The van der Waals surface area contributed by atoms with Crippen LogP contribution in [-0.4, -0.2) is 18.5 Å². The van der Waals surface area contributed by atoms with Gasteiger partial charge < -0.3 is 10.6 Å². The zero-order valence-electron chi connectivity index (χ0n) is 9.50. The highest BCUT2D eigenvalue weighted by molar-refractivity contribution is 5.78. The Morgan fingerprint density at radius 1 is 1.00 bits per heavy atom. The molecule has 0 bridgehead atoms. The number of hydrogen-bond donors (Lipinski definition) is 2. The Kier molecular flexibility index (Phi) is 3.59. The van der Waals surface area contributed by atoms with E-state index < -0.39 is 40.8 Å². The van der Waals surface area contributed by atoms with Crippen LogP contribution in [-0.2, 0) is 4.79 Å². The molecule has 0 saturated carbocycles. The first-order valence-electron chi connectivity index (χ1n) is 5.46. The molecule has 0 spiro atoms.